The Morgan fingerprint density at radius 1 is 0.968 bits per heavy atom. The average molecular weight is 437 g/mol. The largest absolute Gasteiger partial charge is 0.348 e. The second-order valence-electron chi connectivity index (χ2n) is 8.50. The van der Waals surface area contributed by atoms with Crippen molar-refractivity contribution in [2.24, 2.45) is 5.92 Å². The summed E-state index contributed by atoms with van der Waals surface area (Å²) in [6.07, 6.45) is 0. The van der Waals surface area contributed by atoms with Crippen molar-refractivity contribution in [2.75, 3.05) is 5.75 Å². The monoisotopic (exact) mass is 436 g/mol. The van der Waals surface area contributed by atoms with Crippen LogP contribution in [0.3, 0.4) is 0 Å². The molecule has 0 bridgehead atoms. The number of hydrogen-bond acceptors (Lipinski definition) is 4. The number of nitrogens with one attached hydrogen (secondary N) is 1. The molecule has 1 amide bonds. The van der Waals surface area contributed by atoms with Gasteiger partial charge in [0.25, 0.3) is 0 Å². The van der Waals surface area contributed by atoms with Crippen molar-refractivity contribution in [3.8, 4) is 0 Å². The molecule has 1 N–H and O–H groups in total. The van der Waals surface area contributed by atoms with Crippen LogP contribution >= 0.6 is 11.8 Å². The number of rotatable bonds is 9. The fourth-order valence-corrected chi connectivity index (χ4v) is 4.28. The van der Waals surface area contributed by atoms with Crippen molar-refractivity contribution in [1.29, 1.82) is 0 Å². The first-order valence-electron chi connectivity index (χ1n) is 10.8. The van der Waals surface area contributed by atoms with Crippen LogP contribution in [0, 0.1) is 12.8 Å². The van der Waals surface area contributed by atoms with Crippen LogP contribution in [-0.2, 0) is 11.3 Å². The summed E-state index contributed by atoms with van der Waals surface area (Å²) in [5, 5.41) is 12.5. The van der Waals surface area contributed by atoms with Gasteiger partial charge in [-0.05, 0) is 35.4 Å². The molecule has 0 aliphatic heterocycles. The molecule has 2 aromatic carbocycles. The van der Waals surface area contributed by atoms with Crippen LogP contribution in [0.2, 0.25) is 0 Å². The molecule has 31 heavy (non-hydrogen) atoms. The molecule has 6 heteroatoms. The van der Waals surface area contributed by atoms with E-state index in [1.54, 1.807) is 0 Å². The van der Waals surface area contributed by atoms with Gasteiger partial charge < -0.3 is 9.88 Å². The number of nitrogens with zero attached hydrogens (tertiary/aromatic N) is 3. The molecule has 0 fully saturated rings. The zero-order valence-corrected chi connectivity index (χ0v) is 19.8. The first kappa shape index (κ1) is 23.1. The van der Waals surface area contributed by atoms with E-state index in [4.69, 9.17) is 0 Å². The van der Waals surface area contributed by atoms with E-state index in [0.717, 1.165) is 16.5 Å². The van der Waals surface area contributed by atoms with Gasteiger partial charge >= 0.3 is 0 Å². The van der Waals surface area contributed by atoms with Crippen LogP contribution in [0.5, 0.6) is 0 Å². The lowest BCUT2D eigenvalue weighted by Crippen LogP contribution is -2.33. The fraction of sp³-hybridized carbons (Fsp3) is 0.400. The number of aromatic nitrogens is 3. The highest BCUT2D eigenvalue weighted by Crippen LogP contribution is 2.25. The van der Waals surface area contributed by atoms with Crippen molar-refractivity contribution < 1.29 is 4.79 Å². The summed E-state index contributed by atoms with van der Waals surface area (Å²) >= 11 is 1.43. The average Bonchev–Trinajstić information content (AvgIpc) is 3.10. The number of amides is 1. The zero-order valence-electron chi connectivity index (χ0n) is 19.0. The smallest absolute Gasteiger partial charge is 0.230 e. The molecular weight excluding hydrogens is 404 g/mol. The molecule has 3 rings (SSSR count). The molecule has 0 spiro atoms. The quantitative estimate of drug-likeness (QED) is 0.459. The predicted molar refractivity (Wildman–Crippen MR) is 127 cm³/mol. The maximum absolute atomic E-state index is 12.8. The minimum absolute atomic E-state index is 0.00329. The third kappa shape index (κ3) is 6.20. The van der Waals surface area contributed by atoms with Crippen LogP contribution in [0.4, 0.5) is 0 Å². The number of carbonyl (C=O) groups excluding carboxylic acids is 1. The van der Waals surface area contributed by atoms with Gasteiger partial charge in [-0.15, -0.1) is 10.2 Å². The van der Waals surface area contributed by atoms with E-state index in [1.807, 2.05) is 25.1 Å². The molecule has 5 nitrogen and oxygen atoms in total. The van der Waals surface area contributed by atoms with E-state index in [2.05, 4.69) is 84.2 Å². The van der Waals surface area contributed by atoms with Crippen molar-refractivity contribution in [3.05, 3.63) is 77.1 Å². The van der Waals surface area contributed by atoms with Crippen LogP contribution in [0.25, 0.3) is 0 Å². The molecule has 0 aliphatic rings. The lowest BCUT2D eigenvalue weighted by Gasteiger charge is -2.23. The van der Waals surface area contributed by atoms with E-state index in [1.165, 1.54) is 22.9 Å². The molecule has 164 valence electrons. The first-order chi connectivity index (χ1) is 14.8. The van der Waals surface area contributed by atoms with E-state index in [0.29, 0.717) is 24.1 Å². The Morgan fingerprint density at radius 2 is 1.61 bits per heavy atom. The molecule has 1 aromatic heterocycles. The summed E-state index contributed by atoms with van der Waals surface area (Å²) in [4.78, 5) is 12.8. The van der Waals surface area contributed by atoms with Gasteiger partial charge in [0.15, 0.2) is 5.16 Å². The van der Waals surface area contributed by atoms with E-state index in [9.17, 15) is 4.79 Å². The minimum Gasteiger partial charge on any atom is -0.348 e. The normalized spacial score (nSPS) is 12.4. The number of thioether (sulfide) groups is 1. The predicted octanol–water partition coefficient (Wildman–Crippen LogP) is 5.36. The summed E-state index contributed by atoms with van der Waals surface area (Å²) in [6, 6.07) is 18.8. The van der Waals surface area contributed by atoms with Gasteiger partial charge in [0, 0.05) is 0 Å². The minimum atomic E-state index is -0.0155. The number of hydrogen-bond donors (Lipinski definition) is 1. The van der Waals surface area contributed by atoms with E-state index in [-0.39, 0.29) is 11.9 Å². The number of aryl methyl sites for hydroxylation is 1. The Hall–Kier alpha value is -2.60. The fourth-order valence-electron chi connectivity index (χ4n) is 3.48. The maximum Gasteiger partial charge on any atom is 0.230 e. The zero-order chi connectivity index (χ0) is 22.4. The lowest BCUT2D eigenvalue weighted by atomic mass is 9.93. The second kappa shape index (κ2) is 10.6. The molecule has 1 atom stereocenters. The molecule has 0 saturated carbocycles. The van der Waals surface area contributed by atoms with E-state index < -0.39 is 0 Å². The summed E-state index contributed by atoms with van der Waals surface area (Å²) in [5.74, 6) is 1.94. The van der Waals surface area contributed by atoms with E-state index >= 15 is 0 Å². The van der Waals surface area contributed by atoms with Crippen LogP contribution in [-0.4, -0.2) is 26.4 Å². The summed E-state index contributed by atoms with van der Waals surface area (Å²) in [7, 11) is 0. The Kier molecular flexibility index (Phi) is 7.91. The molecule has 0 saturated heterocycles. The molecular formula is C25H32N4OS. The van der Waals surface area contributed by atoms with Gasteiger partial charge in [-0.1, -0.05) is 94.1 Å². The highest BCUT2D eigenvalue weighted by atomic mass is 32.2. The van der Waals surface area contributed by atoms with Gasteiger partial charge in [0.2, 0.25) is 5.91 Å². The number of benzene rings is 2. The Balaban J connectivity index is 1.63. The standard InChI is InChI=1S/C25H32N4OS/c1-17(2)21-11-13-22(14-12-21)24(18(3)4)26-23(30)16-31-25-28-27-19(5)29(25)15-20-9-7-6-8-10-20/h6-14,17-18,24H,15-16H2,1-5H3,(H,26,30). The van der Waals surface area contributed by atoms with Gasteiger partial charge in [0.1, 0.15) is 5.82 Å². The SMILES string of the molecule is Cc1nnc(SCC(=O)NC(c2ccc(C(C)C)cc2)C(C)C)n1Cc1ccccc1. The van der Waals surface area contributed by atoms with Crippen molar-refractivity contribution in [3.63, 3.8) is 0 Å². The summed E-state index contributed by atoms with van der Waals surface area (Å²) < 4.78 is 2.05. The molecule has 0 aliphatic carbocycles. The highest BCUT2D eigenvalue weighted by molar-refractivity contribution is 7.99. The topological polar surface area (TPSA) is 59.8 Å². The van der Waals surface area contributed by atoms with Gasteiger partial charge in [0.05, 0.1) is 18.3 Å². The molecule has 0 radical (unpaired) electrons. The third-order valence-electron chi connectivity index (χ3n) is 5.36. The Bertz CT molecular complexity index is 981. The number of carbonyl (C=O) groups is 1. The third-order valence-corrected chi connectivity index (χ3v) is 6.33. The Morgan fingerprint density at radius 3 is 2.23 bits per heavy atom. The maximum atomic E-state index is 12.8. The van der Waals surface area contributed by atoms with Crippen molar-refractivity contribution in [2.45, 2.75) is 58.3 Å². The Labute approximate surface area is 189 Å². The van der Waals surface area contributed by atoms with Crippen LogP contribution < -0.4 is 5.32 Å². The van der Waals surface area contributed by atoms with Gasteiger partial charge in [-0.3, -0.25) is 4.79 Å². The van der Waals surface area contributed by atoms with Crippen LogP contribution in [0.15, 0.2) is 59.8 Å². The molecule has 1 unspecified atom stereocenters. The van der Waals surface area contributed by atoms with Gasteiger partial charge in [-0.2, -0.15) is 0 Å². The van der Waals surface area contributed by atoms with Crippen molar-refractivity contribution in [1.82, 2.24) is 20.1 Å². The molecule has 3 aromatic rings. The van der Waals surface area contributed by atoms with Crippen molar-refractivity contribution >= 4 is 17.7 Å². The summed E-state index contributed by atoms with van der Waals surface area (Å²) in [6.45, 7) is 11.3. The second-order valence-corrected chi connectivity index (χ2v) is 9.44. The molecule has 1 heterocycles. The summed E-state index contributed by atoms with van der Waals surface area (Å²) in [5.41, 5.74) is 3.63. The lowest BCUT2D eigenvalue weighted by molar-refractivity contribution is -0.119. The van der Waals surface area contributed by atoms with Gasteiger partial charge in [-0.25, -0.2) is 0 Å². The first-order valence-corrected chi connectivity index (χ1v) is 11.8. The van der Waals surface area contributed by atoms with Crippen LogP contribution in [0.1, 0.15) is 62.2 Å². The highest BCUT2D eigenvalue weighted by Gasteiger charge is 2.20.